The molecule has 1 aromatic heterocycles. The fourth-order valence-corrected chi connectivity index (χ4v) is 3.51. The van der Waals surface area contributed by atoms with E-state index < -0.39 is 0 Å². The molecule has 0 radical (unpaired) electrons. The lowest BCUT2D eigenvalue weighted by atomic mass is 9.77. The Morgan fingerprint density at radius 3 is 2.40 bits per heavy atom. The van der Waals surface area contributed by atoms with E-state index in [1.165, 1.54) is 18.4 Å². The van der Waals surface area contributed by atoms with E-state index in [1.807, 2.05) is 11.6 Å². The highest BCUT2D eigenvalue weighted by molar-refractivity contribution is 6.62. The molecule has 1 aromatic carbocycles. The smallest absolute Gasteiger partial charge is 0.399 e. The number of aryl methyl sites for hydroxylation is 1. The first kappa shape index (κ1) is 16.8. The SMILES string of the molecule is Cn1cnnc1C(c1cccc(B2OC(C)(C)C(C)(C)O2)c1)C1CC1. The minimum absolute atomic E-state index is 0.287. The highest BCUT2D eigenvalue weighted by Crippen LogP contribution is 2.45. The largest absolute Gasteiger partial charge is 0.494 e. The number of rotatable bonds is 4. The number of benzene rings is 1. The lowest BCUT2D eigenvalue weighted by Crippen LogP contribution is -2.41. The standard InChI is InChI=1S/C19H26BN3O2/c1-18(2)19(3,4)25-20(24-18)15-8-6-7-14(11-15)16(13-9-10-13)17-22-21-12-23(17)5/h6-8,11-13,16H,9-10H2,1-5H3. The number of nitrogens with zero attached hydrogens (tertiary/aromatic N) is 3. The van der Waals surface area contributed by atoms with E-state index in [-0.39, 0.29) is 24.2 Å². The molecule has 0 N–H and O–H groups in total. The first-order valence-electron chi connectivity index (χ1n) is 9.08. The van der Waals surface area contributed by atoms with Crippen molar-refractivity contribution in [3.63, 3.8) is 0 Å². The monoisotopic (exact) mass is 339 g/mol. The Morgan fingerprint density at radius 1 is 1.16 bits per heavy atom. The van der Waals surface area contributed by atoms with Gasteiger partial charge in [-0.1, -0.05) is 24.3 Å². The normalized spacial score (nSPS) is 23.0. The average Bonchev–Trinajstić information content (AvgIpc) is 3.24. The van der Waals surface area contributed by atoms with Crippen LogP contribution in [0, 0.1) is 5.92 Å². The fraction of sp³-hybridized carbons (Fsp3) is 0.579. The van der Waals surface area contributed by atoms with Crippen molar-refractivity contribution in [1.82, 2.24) is 14.8 Å². The van der Waals surface area contributed by atoms with E-state index in [1.54, 1.807) is 6.33 Å². The zero-order valence-corrected chi connectivity index (χ0v) is 15.7. The molecule has 1 aliphatic carbocycles. The number of hydrogen-bond donors (Lipinski definition) is 0. The molecule has 2 aromatic rings. The van der Waals surface area contributed by atoms with Crippen molar-refractivity contribution in [2.45, 2.75) is 57.7 Å². The molecule has 2 heterocycles. The van der Waals surface area contributed by atoms with E-state index in [4.69, 9.17) is 9.31 Å². The molecule has 0 bridgehead atoms. The van der Waals surface area contributed by atoms with Gasteiger partial charge >= 0.3 is 7.12 Å². The van der Waals surface area contributed by atoms with Gasteiger partial charge in [0.1, 0.15) is 12.2 Å². The molecule has 1 unspecified atom stereocenters. The molecular formula is C19H26BN3O2. The summed E-state index contributed by atoms with van der Waals surface area (Å²) in [6.07, 6.45) is 4.28. The van der Waals surface area contributed by atoms with Gasteiger partial charge in [0, 0.05) is 13.0 Å². The summed E-state index contributed by atoms with van der Waals surface area (Å²) in [5.74, 6) is 1.97. The molecule has 1 saturated carbocycles. The lowest BCUT2D eigenvalue weighted by molar-refractivity contribution is 0.00578. The van der Waals surface area contributed by atoms with Gasteiger partial charge in [-0.3, -0.25) is 0 Å². The summed E-state index contributed by atoms with van der Waals surface area (Å²) in [5.41, 5.74) is 1.69. The van der Waals surface area contributed by atoms with E-state index >= 15 is 0 Å². The van der Waals surface area contributed by atoms with E-state index in [2.05, 4.69) is 62.2 Å². The molecule has 1 aliphatic heterocycles. The van der Waals surface area contributed by atoms with Gasteiger partial charge in [-0.15, -0.1) is 10.2 Å². The first-order valence-corrected chi connectivity index (χ1v) is 9.08. The van der Waals surface area contributed by atoms with E-state index in [9.17, 15) is 0 Å². The van der Waals surface area contributed by atoms with Crippen molar-refractivity contribution in [2.24, 2.45) is 13.0 Å². The van der Waals surface area contributed by atoms with Gasteiger partial charge in [0.2, 0.25) is 0 Å². The molecular weight excluding hydrogens is 313 g/mol. The Labute approximate surface area is 149 Å². The second-order valence-corrected chi connectivity index (χ2v) is 8.37. The van der Waals surface area contributed by atoms with Crippen molar-refractivity contribution >= 4 is 12.6 Å². The van der Waals surface area contributed by atoms with Crippen LogP contribution < -0.4 is 5.46 Å². The van der Waals surface area contributed by atoms with Crippen LogP contribution in [0.5, 0.6) is 0 Å². The molecule has 4 rings (SSSR count). The molecule has 1 atom stereocenters. The maximum absolute atomic E-state index is 6.22. The Balaban J connectivity index is 1.67. The Hall–Kier alpha value is -1.66. The summed E-state index contributed by atoms with van der Waals surface area (Å²) >= 11 is 0. The third-order valence-corrected chi connectivity index (χ3v) is 5.91. The van der Waals surface area contributed by atoms with Crippen molar-refractivity contribution in [3.05, 3.63) is 42.0 Å². The fourth-order valence-electron chi connectivity index (χ4n) is 3.51. The second-order valence-electron chi connectivity index (χ2n) is 8.37. The van der Waals surface area contributed by atoms with E-state index in [0.29, 0.717) is 5.92 Å². The summed E-state index contributed by atoms with van der Waals surface area (Å²) in [5, 5.41) is 8.46. The van der Waals surface area contributed by atoms with Gasteiger partial charge < -0.3 is 13.9 Å². The van der Waals surface area contributed by atoms with Crippen LogP contribution in [0.2, 0.25) is 0 Å². The maximum Gasteiger partial charge on any atom is 0.494 e. The Kier molecular flexibility index (Phi) is 3.81. The molecule has 132 valence electrons. The van der Waals surface area contributed by atoms with E-state index in [0.717, 1.165) is 11.3 Å². The van der Waals surface area contributed by atoms with Crippen molar-refractivity contribution in [2.75, 3.05) is 0 Å². The summed E-state index contributed by atoms with van der Waals surface area (Å²) in [6, 6.07) is 8.60. The summed E-state index contributed by atoms with van der Waals surface area (Å²) in [6.45, 7) is 8.35. The van der Waals surface area contributed by atoms with Crippen LogP contribution in [0.1, 0.15) is 57.8 Å². The minimum Gasteiger partial charge on any atom is -0.399 e. The van der Waals surface area contributed by atoms with Gasteiger partial charge in [0.05, 0.1) is 11.2 Å². The minimum atomic E-state index is -0.329. The summed E-state index contributed by atoms with van der Waals surface area (Å²) in [7, 11) is 1.69. The Morgan fingerprint density at radius 2 is 1.84 bits per heavy atom. The molecule has 0 amide bonds. The molecule has 0 spiro atoms. The molecule has 6 heteroatoms. The van der Waals surface area contributed by atoms with Crippen LogP contribution in [-0.4, -0.2) is 33.1 Å². The molecule has 25 heavy (non-hydrogen) atoms. The highest BCUT2D eigenvalue weighted by atomic mass is 16.7. The summed E-state index contributed by atoms with van der Waals surface area (Å²) < 4.78 is 14.5. The van der Waals surface area contributed by atoms with Crippen LogP contribution in [-0.2, 0) is 16.4 Å². The van der Waals surface area contributed by atoms with Crippen LogP contribution in [0.15, 0.2) is 30.6 Å². The third-order valence-electron chi connectivity index (χ3n) is 5.91. The van der Waals surface area contributed by atoms with Crippen molar-refractivity contribution in [1.29, 1.82) is 0 Å². The average molecular weight is 339 g/mol. The number of aromatic nitrogens is 3. The summed E-state index contributed by atoms with van der Waals surface area (Å²) in [4.78, 5) is 0. The topological polar surface area (TPSA) is 49.2 Å². The zero-order valence-electron chi connectivity index (χ0n) is 15.7. The molecule has 1 saturated heterocycles. The van der Waals surface area contributed by atoms with Crippen molar-refractivity contribution < 1.29 is 9.31 Å². The van der Waals surface area contributed by atoms with Crippen molar-refractivity contribution in [3.8, 4) is 0 Å². The second kappa shape index (κ2) is 5.68. The van der Waals surface area contributed by atoms with Gasteiger partial charge in [0.15, 0.2) is 0 Å². The Bertz CT molecular complexity index is 766. The predicted octanol–water partition coefficient (Wildman–Crippen LogP) is 2.66. The predicted molar refractivity (Wildman–Crippen MR) is 97.7 cm³/mol. The van der Waals surface area contributed by atoms with Crippen LogP contribution >= 0.6 is 0 Å². The molecule has 2 aliphatic rings. The highest BCUT2D eigenvalue weighted by Gasteiger charge is 2.51. The lowest BCUT2D eigenvalue weighted by Gasteiger charge is -2.32. The molecule has 2 fully saturated rings. The van der Waals surface area contributed by atoms with Crippen LogP contribution in [0.3, 0.4) is 0 Å². The van der Waals surface area contributed by atoms with Gasteiger partial charge in [-0.05, 0) is 57.5 Å². The van der Waals surface area contributed by atoms with Gasteiger partial charge in [-0.2, -0.15) is 0 Å². The van der Waals surface area contributed by atoms with Crippen LogP contribution in [0.25, 0.3) is 0 Å². The van der Waals surface area contributed by atoms with Gasteiger partial charge in [0.25, 0.3) is 0 Å². The number of hydrogen-bond acceptors (Lipinski definition) is 4. The third kappa shape index (κ3) is 2.91. The quantitative estimate of drug-likeness (QED) is 0.804. The molecule has 5 nitrogen and oxygen atoms in total. The first-order chi connectivity index (χ1) is 11.8. The maximum atomic E-state index is 6.22. The zero-order chi connectivity index (χ0) is 17.8. The van der Waals surface area contributed by atoms with Gasteiger partial charge in [-0.25, -0.2) is 0 Å². The van der Waals surface area contributed by atoms with Crippen LogP contribution in [0.4, 0.5) is 0 Å².